The van der Waals surface area contributed by atoms with Crippen LogP contribution in [0.25, 0.3) is 0 Å². The van der Waals surface area contributed by atoms with E-state index in [9.17, 15) is 0 Å². The molecule has 0 saturated carbocycles. The SMILES string of the molecule is CCCOc1ccc(CCC)cc1N. The maximum absolute atomic E-state index is 5.87. The second-order valence-electron chi connectivity index (χ2n) is 3.47. The van der Waals surface area contributed by atoms with Gasteiger partial charge in [-0.2, -0.15) is 0 Å². The Bertz CT molecular complexity index is 284. The molecule has 0 amide bonds. The van der Waals surface area contributed by atoms with Crippen molar-refractivity contribution in [1.29, 1.82) is 0 Å². The Kier molecular flexibility index (Phi) is 4.30. The van der Waals surface area contributed by atoms with Crippen LogP contribution in [-0.2, 0) is 6.42 Å². The van der Waals surface area contributed by atoms with Crippen molar-refractivity contribution in [3.05, 3.63) is 23.8 Å². The Morgan fingerprint density at radius 3 is 2.57 bits per heavy atom. The minimum Gasteiger partial charge on any atom is -0.491 e. The minimum absolute atomic E-state index is 0.733. The van der Waals surface area contributed by atoms with E-state index in [0.29, 0.717) is 0 Å². The molecular weight excluding hydrogens is 174 g/mol. The summed E-state index contributed by atoms with van der Waals surface area (Å²) < 4.78 is 5.49. The van der Waals surface area contributed by atoms with Gasteiger partial charge in [-0.25, -0.2) is 0 Å². The van der Waals surface area contributed by atoms with E-state index in [1.54, 1.807) is 0 Å². The van der Waals surface area contributed by atoms with E-state index in [1.165, 1.54) is 5.56 Å². The summed E-state index contributed by atoms with van der Waals surface area (Å²) in [5.74, 6) is 0.812. The number of rotatable bonds is 5. The number of benzene rings is 1. The van der Waals surface area contributed by atoms with E-state index in [1.807, 2.05) is 12.1 Å². The minimum atomic E-state index is 0.733. The summed E-state index contributed by atoms with van der Waals surface area (Å²) in [6, 6.07) is 6.06. The maximum Gasteiger partial charge on any atom is 0.142 e. The number of hydrogen-bond donors (Lipinski definition) is 1. The summed E-state index contributed by atoms with van der Waals surface area (Å²) in [5, 5.41) is 0. The van der Waals surface area contributed by atoms with Crippen LogP contribution in [0.4, 0.5) is 5.69 Å². The lowest BCUT2D eigenvalue weighted by atomic mass is 10.1. The molecule has 0 unspecified atom stereocenters. The lowest BCUT2D eigenvalue weighted by Gasteiger charge is -2.09. The van der Waals surface area contributed by atoms with Gasteiger partial charge in [0.05, 0.1) is 12.3 Å². The van der Waals surface area contributed by atoms with Crippen LogP contribution < -0.4 is 10.5 Å². The fourth-order valence-corrected chi connectivity index (χ4v) is 1.39. The van der Waals surface area contributed by atoms with Crippen LogP contribution in [0.5, 0.6) is 5.75 Å². The summed E-state index contributed by atoms with van der Waals surface area (Å²) in [5.41, 5.74) is 7.91. The molecule has 0 bridgehead atoms. The van der Waals surface area contributed by atoms with Gasteiger partial charge in [0, 0.05) is 0 Å². The van der Waals surface area contributed by atoms with Crippen molar-refractivity contribution in [2.75, 3.05) is 12.3 Å². The molecule has 0 heterocycles. The molecule has 0 atom stereocenters. The number of anilines is 1. The van der Waals surface area contributed by atoms with Gasteiger partial charge >= 0.3 is 0 Å². The maximum atomic E-state index is 5.87. The molecule has 0 saturated heterocycles. The van der Waals surface area contributed by atoms with Gasteiger partial charge in [-0.15, -0.1) is 0 Å². The van der Waals surface area contributed by atoms with Crippen molar-refractivity contribution in [1.82, 2.24) is 0 Å². The summed E-state index contributed by atoms with van der Waals surface area (Å²) in [6.07, 6.45) is 3.24. The van der Waals surface area contributed by atoms with Crippen molar-refractivity contribution in [3.63, 3.8) is 0 Å². The molecule has 2 nitrogen and oxygen atoms in total. The fraction of sp³-hybridized carbons (Fsp3) is 0.500. The number of ether oxygens (including phenoxy) is 1. The molecule has 14 heavy (non-hydrogen) atoms. The highest BCUT2D eigenvalue weighted by molar-refractivity contribution is 5.54. The predicted octanol–water partition coefficient (Wildman–Crippen LogP) is 3.01. The highest BCUT2D eigenvalue weighted by Gasteiger charge is 2.00. The molecule has 0 spiro atoms. The van der Waals surface area contributed by atoms with Crippen molar-refractivity contribution >= 4 is 5.69 Å². The van der Waals surface area contributed by atoms with E-state index < -0.39 is 0 Å². The van der Waals surface area contributed by atoms with Crippen LogP contribution in [0, 0.1) is 0 Å². The van der Waals surface area contributed by atoms with E-state index in [0.717, 1.165) is 37.3 Å². The molecule has 0 fully saturated rings. The summed E-state index contributed by atoms with van der Waals surface area (Å²) in [7, 11) is 0. The van der Waals surface area contributed by atoms with Crippen molar-refractivity contribution in [2.45, 2.75) is 33.1 Å². The molecule has 2 N–H and O–H groups in total. The zero-order chi connectivity index (χ0) is 10.4. The fourth-order valence-electron chi connectivity index (χ4n) is 1.39. The largest absolute Gasteiger partial charge is 0.491 e. The smallest absolute Gasteiger partial charge is 0.142 e. The first-order chi connectivity index (χ1) is 6.77. The molecule has 2 heteroatoms. The van der Waals surface area contributed by atoms with Crippen LogP contribution in [0.1, 0.15) is 32.3 Å². The Morgan fingerprint density at radius 1 is 1.21 bits per heavy atom. The number of hydrogen-bond acceptors (Lipinski definition) is 2. The third-order valence-corrected chi connectivity index (χ3v) is 2.07. The molecule has 0 aliphatic carbocycles. The molecule has 1 aromatic rings. The first-order valence-electron chi connectivity index (χ1n) is 5.29. The molecule has 0 radical (unpaired) electrons. The lowest BCUT2D eigenvalue weighted by molar-refractivity contribution is 0.319. The molecule has 1 rings (SSSR count). The van der Waals surface area contributed by atoms with Gasteiger partial charge in [-0.05, 0) is 30.5 Å². The van der Waals surface area contributed by atoms with Gasteiger partial charge in [0.15, 0.2) is 0 Å². The van der Waals surface area contributed by atoms with Gasteiger partial charge < -0.3 is 10.5 Å². The second kappa shape index (κ2) is 5.53. The molecule has 0 aliphatic heterocycles. The average molecular weight is 193 g/mol. The summed E-state index contributed by atoms with van der Waals surface area (Å²) in [6.45, 7) is 4.98. The Labute approximate surface area is 86.1 Å². The number of nitrogens with two attached hydrogens (primary N) is 1. The van der Waals surface area contributed by atoms with Crippen LogP contribution in [0.15, 0.2) is 18.2 Å². The quantitative estimate of drug-likeness (QED) is 0.729. The highest BCUT2D eigenvalue weighted by atomic mass is 16.5. The van der Waals surface area contributed by atoms with Crippen LogP contribution >= 0.6 is 0 Å². The number of nitrogen functional groups attached to an aromatic ring is 1. The Morgan fingerprint density at radius 2 is 2.00 bits per heavy atom. The predicted molar refractivity (Wildman–Crippen MR) is 60.6 cm³/mol. The van der Waals surface area contributed by atoms with Crippen molar-refractivity contribution in [3.8, 4) is 5.75 Å². The van der Waals surface area contributed by atoms with E-state index >= 15 is 0 Å². The first kappa shape index (κ1) is 10.9. The van der Waals surface area contributed by atoms with Gasteiger partial charge in [0.2, 0.25) is 0 Å². The third-order valence-electron chi connectivity index (χ3n) is 2.07. The van der Waals surface area contributed by atoms with E-state index in [-0.39, 0.29) is 0 Å². The molecule has 78 valence electrons. The van der Waals surface area contributed by atoms with Crippen molar-refractivity contribution in [2.24, 2.45) is 0 Å². The zero-order valence-electron chi connectivity index (χ0n) is 9.05. The first-order valence-corrected chi connectivity index (χ1v) is 5.29. The molecule has 0 aromatic heterocycles. The normalized spacial score (nSPS) is 10.1. The molecular formula is C12H19NO. The van der Waals surface area contributed by atoms with Gasteiger partial charge in [-0.1, -0.05) is 26.3 Å². The Hall–Kier alpha value is -1.18. The average Bonchev–Trinajstić information content (AvgIpc) is 2.17. The van der Waals surface area contributed by atoms with Gasteiger partial charge in [0.25, 0.3) is 0 Å². The molecule has 0 aliphatic rings. The number of aryl methyl sites for hydroxylation is 1. The lowest BCUT2D eigenvalue weighted by Crippen LogP contribution is -1.99. The second-order valence-corrected chi connectivity index (χ2v) is 3.47. The highest BCUT2D eigenvalue weighted by Crippen LogP contribution is 2.23. The van der Waals surface area contributed by atoms with Crippen LogP contribution in [0.2, 0.25) is 0 Å². The Balaban J connectivity index is 2.68. The third kappa shape index (κ3) is 2.95. The standard InChI is InChI=1S/C12H19NO/c1-3-5-10-6-7-12(11(13)9-10)14-8-4-2/h6-7,9H,3-5,8,13H2,1-2H3. The molecule has 1 aromatic carbocycles. The topological polar surface area (TPSA) is 35.2 Å². The van der Waals surface area contributed by atoms with E-state index in [4.69, 9.17) is 10.5 Å². The van der Waals surface area contributed by atoms with Crippen LogP contribution in [0.3, 0.4) is 0 Å². The summed E-state index contributed by atoms with van der Waals surface area (Å²) in [4.78, 5) is 0. The van der Waals surface area contributed by atoms with E-state index in [2.05, 4.69) is 19.9 Å². The summed E-state index contributed by atoms with van der Waals surface area (Å²) >= 11 is 0. The van der Waals surface area contributed by atoms with Gasteiger partial charge in [-0.3, -0.25) is 0 Å². The van der Waals surface area contributed by atoms with Crippen LogP contribution in [-0.4, -0.2) is 6.61 Å². The zero-order valence-corrected chi connectivity index (χ0v) is 9.05. The monoisotopic (exact) mass is 193 g/mol. The van der Waals surface area contributed by atoms with Crippen molar-refractivity contribution < 1.29 is 4.74 Å². The van der Waals surface area contributed by atoms with Gasteiger partial charge in [0.1, 0.15) is 5.75 Å².